The summed E-state index contributed by atoms with van der Waals surface area (Å²) in [4.78, 5) is 0. The molecule has 0 spiro atoms. The van der Waals surface area contributed by atoms with Crippen molar-refractivity contribution in [2.75, 3.05) is 26.4 Å². The molecule has 362 valence electrons. The molecule has 3 saturated heterocycles. The summed E-state index contributed by atoms with van der Waals surface area (Å²) in [6.45, 7) is 7.74. The summed E-state index contributed by atoms with van der Waals surface area (Å²) in [5, 5.41) is 113. The molecular weight excluding hydrogens is 828 g/mol. The first-order chi connectivity index (χ1) is 29.9. The summed E-state index contributed by atoms with van der Waals surface area (Å²) >= 11 is 0. The fourth-order valence-electron chi connectivity index (χ4n) is 13.7. The number of hydrogen-bond acceptors (Lipinski definition) is 18. The molecule has 0 aromatic heterocycles. The summed E-state index contributed by atoms with van der Waals surface area (Å²) in [6, 6.07) is 0. The molecule has 4 aliphatic heterocycles. The van der Waals surface area contributed by atoms with E-state index in [1.807, 2.05) is 0 Å². The highest BCUT2D eigenvalue weighted by molar-refractivity contribution is 5.26. The van der Waals surface area contributed by atoms with E-state index in [1.165, 1.54) is 5.57 Å². The van der Waals surface area contributed by atoms with Crippen LogP contribution in [0, 0.1) is 46.3 Å². The van der Waals surface area contributed by atoms with Gasteiger partial charge in [-0.05, 0) is 111 Å². The maximum Gasteiger partial charge on any atom is 0.187 e. The zero-order chi connectivity index (χ0) is 45.3. The molecule has 0 radical (unpaired) electrons. The summed E-state index contributed by atoms with van der Waals surface area (Å²) in [5.74, 6) is 3.56. The van der Waals surface area contributed by atoms with Gasteiger partial charge in [0, 0.05) is 12.3 Å². The van der Waals surface area contributed by atoms with Crippen molar-refractivity contribution in [2.45, 2.75) is 196 Å². The largest absolute Gasteiger partial charge is 0.494 e. The lowest BCUT2D eigenvalue weighted by Crippen LogP contribution is -2.65. The van der Waals surface area contributed by atoms with Gasteiger partial charge in [0.2, 0.25) is 0 Å². The lowest BCUT2D eigenvalue weighted by Gasteiger charge is -2.61. The normalized spacial score (nSPS) is 52.7. The van der Waals surface area contributed by atoms with Crippen LogP contribution in [0.2, 0.25) is 0 Å². The van der Waals surface area contributed by atoms with Gasteiger partial charge >= 0.3 is 0 Å². The molecule has 11 N–H and O–H groups in total. The van der Waals surface area contributed by atoms with Gasteiger partial charge in [-0.25, -0.2) is 0 Å². The minimum atomic E-state index is -1.74. The van der Waals surface area contributed by atoms with E-state index in [0.29, 0.717) is 29.6 Å². The molecule has 8 rings (SSSR count). The van der Waals surface area contributed by atoms with Crippen LogP contribution >= 0.6 is 0 Å². The van der Waals surface area contributed by atoms with Crippen LogP contribution in [-0.2, 0) is 33.2 Å². The van der Waals surface area contributed by atoms with E-state index >= 15 is 0 Å². The zero-order valence-electron chi connectivity index (χ0n) is 37.0. The van der Waals surface area contributed by atoms with Crippen molar-refractivity contribution in [1.29, 1.82) is 0 Å². The Hall–Kier alpha value is -1.14. The van der Waals surface area contributed by atoms with Crippen molar-refractivity contribution in [1.82, 2.24) is 0 Å². The monoisotopic (exact) mass is 902 g/mol. The molecule has 18 heteroatoms. The number of ether oxygens (including phenoxy) is 7. The smallest absolute Gasteiger partial charge is 0.187 e. The molecule has 4 heterocycles. The Balaban J connectivity index is 0.872. The van der Waals surface area contributed by atoms with Crippen LogP contribution in [0.5, 0.6) is 0 Å². The number of aliphatic hydroxyl groups excluding tert-OH is 11. The molecule has 63 heavy (non-hydrogen) atoms. The highest BCUT2D eigenvalue weighted by atomic mass is 16.8. The molecule has 3 unspecified atom stereocenters. The Morgan fingerprint density at radius 2 is 1.22 bits per heavy atom. The molecule has 4 saturated carbocycles. The van der Waals surface area contributed by atoms with E-state index in [9.17, 15) is 56.2 Å². The van der Waals surface area contributed by atoms with Gasteiger partial charge in [-0.1, -0.05) is 20.8 Å². The van der Waals surface area contributed by atoms with Crippen LogP contribution in [-0.4, -0.2) is 187 Å². The first kappa shape index (κ1) is 48.3. The number of aliphatic hydroxyl groups is 11. The summed E-state index contributed by atoms with van der Waals surface area (Å²) in [6.07, 6.45) is -12.1. The molecule has 4 aliphatic carbocycles. The Morgan fingerprint density at radius 3 is 1.87 bits per heavy atom. The molecule has 0 amide bonds. The maximum absolute atomic E-state index is 11.2. The molecule has 8 aliphatic rings. The molecule has 0 aromatic carbocycles. The Labute approximate surface area is 369 Å². The van der Waals surface area contributed by atoms with Gasteiger partial charge < -0.3 is 89.3 Å². The fourth-order valence-corrected chi connectivity index (χ4v) is 13.7. The Morgan fingerprint density at radius 1 is 0.635 bits per heavy atom. The van der Waals surface area contributed by atoms with E-state index in [1.54, 1.807) is 0 Å². The number of fused-ring (bicyclic) bond motifs is 7. The van der Waals surface area contributed by atoms with Crippen molar-refractivity contribution < 1.29 is 89.3 Å². The summed E-state index contributed by atoms with van der Waals surface area (Å²) in [7, 11) is 0. The summed E-state index contributed by atoms with van der Waals surface area (Å²) < 4.78 is 42.2. The summed E-state index contributed by atoms with van der Waals surface area (Å²) in [5.41, 5.74) is 1.57. The first-order valence-electron chi connectivity index (χ1n) is 23.5. The molecule has 7 fully saturated rings. The number of rotatable bonds is 13. The second-order valence-corrected chi connectivity index (χ2v) is 20.9. The molecule has 25 atom stereocenters. The van der Waals surface area contributed by atoms with Gasteiger partial charge in [-0.15, -0.1) is 0 Å². The van der Waals surface area contributed by atoms with Gasteiger partial charge in [0.1, 0.15) is 79.4 Å². The molecule has 0 aromatic rings. The topological polar surface area (TPSA) is 287 Å². The van der Waals surface area contributed by atoms with Crippen molar-refractivity contribution >= 4 is 0 Å². The predicted octanol–water partition coefficient (Wildman–Crippen LogP) is -0.830. The van der Waals surface area contributed by atoms with Crippen LogP contribution in [0.25, 0.3) is 0 Å². The second-order valence-electron chi connectivity index (χ2n) is 20.9. The van der Waals surface area contributed by atoms with Crippen LogP contribution < -0.4 is 0 Å². The maximum atomic E-state index is 11.2. The van der Waals surface area contributed by atoms with Gasteiger partial charge in [0.05, 0.1) is 38.3 Å². The third-order valence-corrected chi connectivity index (χ3v) is 17.4. The number of hydrogen-bond donors (Lipinski definition) is 11. The Bertz CT molecular complexity index is 1580. The predicted molar refractivity (Wildman–Crippen MR) is 218 cm³/mol. The van der Waals surface area contributed by atoms with Crippen molar-refractivity contribution in [2.24, 2.45) is 46.3 Å². The van der Waals surface area contributed by atoms with Crippen LogP contribution in [0.4, 0.5) is 0 Å². The first-order valence-corrected chi connectivity index (χ1v) is 23.5. The standard InChI is InChI=1S/C45H74O18/c1-19(18-57-41-38(55)35(52)32(49)28(15-46)60-41)5-8-26-20(2)31-27(59-26)14-25-23-7-6-21-13-22(9-11-44(21,3)24(23)10-12-45(25,31)4)58-43-40(37(54)34(51)30(17-48)62-43)63-42-39(56)36(53)33(50)29(16-47)61-42/h19,21-25,27-43,46-56H,5-18H2,1-4H3/t19?,21?,22?,23-,24+,25+,27+,28-,29-,30-,31+,32-,33-,34-,35+,36+,37+,38-,39-,40-,41-,42+,43-,44+,45+/m1/s1. The van der Waals surface area contributed by atoms with Gasteiger partial charge in [-0.2, -0.15) is 0 Å². The minimum Gasteiger partial charge on any atom is -0.494 e. The van der Waals surface area contributed by atoms with Crippen LogP contribution in [0.1, 0.15) is 91.9 Å². The highest BCUT2D eigenvalue weighted by Crippen LogP contribution is 2.70. The minimum absolute atomic E-state index is 0.0928. The quantitative estimate of drug-likeness (QED) is 0.101. The van der Waals surface area contributed by atoms with Crippen LogP contribution in [0.3, 0.4) is 0 Å². The van der Waals surface area contributed by atoms with Gasteiger partial charge in [0.25, 0.3) is 0 Å². The van der Waals surface area contributed by atoms with E-state index in [0.717, 1.165) is 70.0 Å². The van der Waals surface area contributed by atoms with Gasteiger partial charge in [0.15, 0.2) is 18.9 Å². The average Bonchev–Trinajstić information content (AvgIpc) is 3.76. The van der Waals surface area contributed by atoms with E-state index < -0.39 is 112 Å². The van der Waals surface area contributed by atoms with Crippen molar-refractivity contribution in [3.8, 4) is 0 Å². The third-order valence-electron chi connectivity index (χ3n) is 17.4. The third kappa shape index (κ3) is 8.68. The van der Waals surface area contributed by atoms with E-state index in [4.69, 9.17) is 33.2 Å². The SMILES string of the molecule is CC1=C(CCC(C)CO[C@@H]2O[C@H](CO)[C@@H](O)[C@H](O)[C@H]2O)O[C@H]2C[C@H]3[C@@H]4CCC5CC(O[C@@H]6O[C@H](CO)[C@@H](O)[C@H](O)[C@H]6O[C@@H]6O[C@H](CO)[C@@H](O)[C@H](O)[C@H]6O)CC[C@]5(C)[C@H]4CC[C@]3(C)[C@@H]12. The van der Waals surface area contributed by atoms with E-state index in [2.05, 4.69) is 27.7 Å². The lowest BCUT2D eigenvalue weighted by molar-refractivity contribution is -0.373. The Kier molecular flexibility index (Phi) is 14.6. The van der Waals surface area contributed by atoms with Crippen molar-refractivity contribution in [3.05, 3.63) is 11.3 Å². The fraction of sp³-hybridized carbons (Fsp3) is 0.956. The lowest BCUT2D eigenvalue weighted by atomic mass is 9.44. The van der Waals surface area contributed by atoms with E-state index in [-0.39, 0.29) is 35.6 Å². The zero-order valence-corrected chi connectivity index (χ0v) is 37.0. The second kappa shape index (κ2) is 19.1. The average molecular weight is 903 g/mol. The molecule has 0 bridgehead atoms. The van der Waals surface area contributed by atoms with Crippen molar-refractivity contribution in [3.63, 3.8) is 0 Å². The van der Waals surface area contributed by atoms with Gasteiger partial charge in [-0.3, -0.25) is 0 Å². The molecule has 18 nitrogen and oxygen atoms in total. The number of allylic oxidation sites excluding steroid dienone is 1. The highest BCUT2D eigenvalue weighted by Gasteiger charge is 2.65. The van der Waals surface area contributed by atoms with Crippen LogP contribution in [0.15, 0.2) is 11.3 Å². The molecular formula is C45H74O18.